The largest absolute Gasteiger partial charge is 0.428 e. The second-order valence-electron chi connectivity index (χ2n) is 10.5. The van der Waals surface area contributed by atoms with Gasteiger partial charge in [0.25, 0.3) is 0 Å². The van der Waals surface area contributed by atoms with E-state index >= 15 is 0 Å². The van der Waals surface area contributed by atoms with E-state index < -0.39 is 26.3 Å². The maximum Gasteiger partial charge on any atom is 0.413 e. The van der Waals surface area contributed by atoms with Gasteiger partial charge < -0.3 is 19.3 Å². The first-order valence-corrected chi connectivity index (χ1v) is 16.3. The van der Waals surface area contributed by atoms with Crippen LogP contribution in [0.2, 0.25) is 10.0 Å². The highest BCUT2D eigenvalue weighted by Crippen LogP contribution is 2.46. The van der Waals surface area contributed by atoms with E-state index in [2.05, 4.69) is 0 Å². The van der Waals surface area contributed by atoms with Crippen molar-refractivity contribution in [1.29, 1.82) is 0 Å². The molecule has 2 aliphatic rings. The topological polar surface area (TPSA) is 93.1 Å². The predicted molar refractivity (Wildman–Crippen MR) is 146 cm³/mol. The summed E-state index contributed by atoms with van der Waals surface area (Å²) in [6.07, 6.45) is 10.4. The average molecular weight is 576 g/mol. The van der Waals surface area contributed by atoms with Crippen LogP contribution in [0.15, 0.2) is 18.2 Å². The number of hydrogen-bond acceptors (Lipinski definition) is 5. The molecule has 2 saturated carbocycles. The first-order valence-electron chi connectivity index (χ1n) is 13.5. The summed E-state index contributed by atoms with van der Waals surface area (Å²) in [7, 11) is -3.30. The Bertz CT molecular complexity index is 949. The number of ether oxygens (including phenoxy) is 2. The summed E-state index contributed by atoms with van der Waals surface area (Å²) in [5.74, 6) is -0.165. The van der Waals surface area contributed by atoms with Gasteiger partial charge in [-0.15, -0.1) is 0 Å². The molecule has 0 aromatic heterocycles. The molecule has 0 radical (unpaired) electrons. The summed E-state index contributed by atoms with van der Waals surface area (Å²) < 4.78 is 23.4. The summed E-state index contributed by atoms with van der Waals surface area (Å²) >= 11 is 12.3. The van der Waals surface area contributed by atoms with Crippen molar-refractivity contribution in [3.05, 3.63) is 33.8 Å². The Morgan fingerprint density at radius 3 is 2.32 bits per heavy atom. The molecule has 0 heterocycles. The van der Waals surface area contributed by atoms with E-state index in [1.807, 2.05) is 6.92 Å². The van der Waals surface area contributed by atoms with Crippen molar-refractivity contribution in [1.82, 2.24) is 4.90 Å². The number of nitrogens with zero attached hydrogens (tertiary/aromatic N) is 1. The molecule has 208 valence electrons. The minimum Gasteiger partial charge on any atom is -0.428 e. The molecule has 1 unspecified atom stereocenters. The number of benzene rings is 1. The SMILES string of the molecule is C[C@@H](c1ccc(Cl)c(Cl)c1)N(CCCP(=O)(O)CC1CCCCC1)C(=O)OCOC(=O)C1CCCCC1. The van der Waals surface area contributed by atoms with Crippen molar-refractivity contribution in [3.8, 4) is 0 Å². The Morgan fingerprint density at radius 1 is 1.03 bits per heavy atom. The van der Waals surface area contributed by atoms with E-state index in [0.29, 0.717) is 28.5 Å². The van der Waals surface area contributed by atoms with Crippen LogP contribution < -0.4 is 0 Å². The molecule has 1 aromatic rings. The number of amides is 1. The van der Waals surface area contributed by atoms with E-state index in [4.69, 9.17) is 32.7 Å². The maximum atomic E-state index is 13.1. The number of carbonyl (C=O) groups excluding carboxylic acids is 2. The zero-order valence-electron chi connectivity index (χ0n) is 21.7. The van der Waals surface area contributed by atoms with Crippen LogP contribution in [-0.2, 0) is 18.8 Å². The van der Waals surface area contributed by atoms with Crippen molar-refractivity contribution in [3.63, 3.8) is 0 Å². The lowest BCUT2D eigenvalue weighted by atomic mass is 9.89. The van der Waals surface area contributed by atoms with Gasteiger partial charge in [0.05, 0.1) is 22.0 Å². The predicted octanol–water partition coefficient (Wildman–Crippen LogP) is 7.81. The van der Waals surface area contributed by atoms with Crippen LogP contribution in [0.5, 0.6) is 0 Å². The average Bonchev–Trinajstić information content (AvgIpc) is 2.88. The molecular formula is C27H40Cl2NO6P. The van der Waals surface area contributed by atoms with E-state index in [1.54, 1.807) is 18.2 Å². The highest BCUT2D eigenvalue weighted by atomic mass is 35.5. The molecule has 0 bridgehead atoms. The minimum atomic E-state index is -3.30. The standard InChI is InChI=1S/C27H40Cl2NO6P/c1-20(23-13-14-24(28)25(29)17-23)30(15-8-16-37(33,34)18-21-9-4-2-5-10-21)27(32)36-19-35-26(31)22-11-6-3-7-12-22/h13-14,17,20-22H,2-12,15-16,18-19H2,1H3,(H,33,34)/t20-/m0/s1. The quantitative estimate of drug-likeness (QED) is 0.164. The van der Waals surface area contributed by atoms with Crippen molar-refractivity contribution in [2.24, 2.45) is 11.8 Å². The number of carbonyl (C=O) groups is 2. The summed E-state index contributed by atoms with van der Waals surface area (Å²) in [6, 6.07) is 4.70. The molecule has 0 aliphatic heterocycles. The molecule has 1 aromatic carbocycles. The third kappa shape index (κ3) is 9.76. The van der Waals surface area contributed by atoms with Crippen molar-refractivity contribution in [2.75, 3.05) is 25.7 Å². The lowest BCUT2D eigenvalue weighted by Gasteiger charge is -2.30. The fourth-order valence-electron chi connectivity index (χ4n) is 5.42. The van der Waals surface area contributed by atoms with Gasteiger partial charge in [-0.1, -0.05) is 67.8 Å². The molecular weight excluding hydrogens is 536 g/mol. The third-order valence-electron chi connectivity index (χ3n) is 7.62. The van der Waals surface area contributed by atoms with Crippen LogP contribution >= 0.6 is 30.6 Å². The van der Waals surface area contributed by atoms with Gasteiger partial charge in [0.15, 0.2) is 0 Å². The lowest BCUT2D eigenvalue weighted by Crippen LogP contribution is -2.36. The number of rotatable bonds is 11. The molecule has 0 spiro atoms. The molecule has 3 rings (SSSR count). The summed E-state index contributed by atoms with van der Waals surface area (Å²) in [5.41, 5.74) is 0.750. The van der Waals surface area contributed by atoms with Crippen LogP contribution in [-0.4, -0.2) is 47.5 Å². The maximum absolute atomic E-state index is 13.1. The first kappa shape index (κ1) is 30.3. The van der Waals surface area contributed by atoms with Gasteiger partial charge in [0, 0.05) is 18.9 Å². The highest BCUT2D eigenvalue weighted by molar-refractivity contribution is 7.58. The summed E-state index contributed by atoms with van der Waals surface area (Å²) in [6.45, 7) is 1.58. The number of esters is 1. The Hall–Kier alpha value is -1.27. The van der Waals surface area contributed by atoms with Gasteiger partial charge in [-0.05, 0) is 62.6 Å². The lowest BCUT2D eigenvalue weighted by molar-refractivity contribution is -0.158. The molecule has 1 amide bonds. The van der Waals surface area contributed by atoms with Crippen LogP contribution in [0.4, 0.5) is 4.79 Å². The molecule has 10 heteroatoms. The Labute approximate surface area is 230 Å². The molecule has 0 saturated heterocycles. The van der Waals surface area contributed by atoms with E-state index in [1.165, 1.54) is 11.3 Å². The molecule has 2 aliphatic carbocycles. The monoisotopic (exact) mass is 575 g/mol. The molecule has 37 heavy (non-hydrogen) atoms. The second kappa shape index (κ2) is 14.8. The zero-order chi connectivity index (χ0) is 26.8. The third-order valence-corrected chi connectivity index (χ3v) is 10.5. The fraction of sp³-hybridized carbons (Fsp3) is 0.704. The fourth-order valence-corrected chi connectivity index (χ4v) is 7.72. The normalized spacial score (nSPS) is 19.6. The molecule has 7 nitrogen and oxygen atoms in total. The molecule has 1 N–H and O–H groups in total. The Morgan fingerprint density at radius 2 is 1.68 bits per heavy atom. The number of hydrogen-bond donors (Lipinski definition) is 1. The van der Waals surface area contributed by atoms with Gasteiger partial charge in [-0.3, -0.25) is 9.36 Å². The van der Waals surface area contributed by atoms with Gasteiger partial charge in [-0.25, -0.2) is 4.79 Å². The minimum absolute atomic E-state index is 0.137. The van der Waals surface area contributed by atoms with E-state index in [9.17, 15) is 19.0 Å². The molecule has 2 atom stereocenters. The Balaban J connectivity index is 1.59. The zero-order valence-corrected chi connectivity index (χ0v) is 24.1. The highest BCUT2D eigenvalue weighted by Gasteiger charge is 2.29. The van der Waals surface area contributed by atoms with Gasteiger partial charge in [0.1, 0.15) is 0 Å². The van der Waals surface area contributed by atoms with Gasteiger partial charge >= 0.3 is 12.1 Å². The van der Waals surface area contributed by atoms with Crippen molar-refractivity contribution >= 4 is 42.6 Å². The van der Waals surface area contributed by atoms with Crippen molar-refractivity contribution < 1.29 is 28.5 Å². The van der Waals surface area contributed by atoms with Crippen LogP contribution in [0.1, 0.15) is 89.2 Å². The molecule has 2 fully saturated rings. The number of halogens is 2. The van der Waals surface area contributed by atoms with E-state index in [-0.39, 0.29) is 24.6 Å². The van der Waals surface area contributed by atoms with Crippen LogP contribution in [0.25, 0.3) is 0 Å². The summed E-state index contributed by atoms with van der Waals surface area (Å²) in [4.78, 5) is 37.4. The summed E-state index contributed by atoms with van der Waals surface area (Å²) in [5, 5.41) is 0.776. The van der Waals surface area contributed by atoms with E-state index in [0.717, 1.165) is 63.4 Å². The van der Waals surface area contributed by atoms with Crippen LogP contribution in [0.3, 0.4) is 0 Å². The first-order chi connectivity index (χ1) is 17.7. The second-order valence-corrected chi connectivity index (χ2v) is 13.8. The van der Waals surface area contributed by atoms with Gasteiger partial charge in [-0.2, -0.15) is 0 Å². The smallest absolute Gasteiger partial charge is 0.413 e. The van der Waals surface area contributed by atoms with Crippen LogP contribution in [0, 0.1) is 11.8 Å². The van der Waals surface area contributed by atoms with Crippen molar-refractivity contribution in [2.45, 2.75) is 83.6 Å². The van der Waals surface area contributed by atoms with Gasteiger partial charge in [0.2, 0.25) is 14.2 Å². The Kier molecular flexibility index (Phi) is 12.1.